The Morgan fingerprint density at radius 2 is 2.29 bits per heavy atom. The van der Waals surface area contributed by atoms with Gasteiger partial charge in [-0.3, -0.25) is 0 Å². The van der Waals surface area contributed by atoms with E-state index in [0.717, 1.165) is 13.2 Å². The van der Waals surface area contributed by atoms with Crippen molar-refractivity contribution in [3.8, 4) is 0 Å². The molecule has 0 aliphatic heterocycles. The number of methoxy groups -OCH3 is 1. The smallest absolute Gasteiger partial charge is 0.340 e. The average molecular weight is 243 g/mol. The van der Waals surface area contributed by atoms with E-state index in [1.165, 1.54) is 12.1 Å². The number of hydrogen-bond donors (Lipinski definition) is 3. The zero-order chi connectivity index (χ0) is 12.8. The number of ether oxygens (including phenoxy) is 1. The molecule has 1 aromatic carbocycles. The molecule has 0 aliphatic rings. The summed E-state index contributed by atoms with van der Waals surface area (Å²) in [5.41, 5.74) is 0.273. The van der Waals surface area contributed by atoms with Crippen LogP contribution in [0.5, 0.6) is 0 Å². The zero-order valence-corrected chi connectivity index (χ0v) is 9.31. The molecule has 0 saturated heterocycles. The molecule has 0 bridgehead atoms. The molecule has 0 spiro atoms. The Labute approximate surface area is 97.8 Å². The summed E-state index contributed by atoms with van der Waals surface area (Å²) < 4.78 is 17.7. The molecule has 1 aromatic rings. The molecule has 17 heavy (non-hydrogen) atoms. The second-order valence-corrected chi connectivity index (χ2v) is 3.40. The van der Waals surface area contributed by atoms with E-state index < -0.39 is 17.9 Å². The molecule has 0 radical (unpaired) electrons. The minimum Gasteiger partial charge on any atom is -0.465 e. The summed E-state index contributed by atoms with van der Waals surface area (Å²) in [6, 6.07) is 3.83. The Balaban J connectivity index is 2.78. The van der Waals surface area contributed by atoms with Gasteiger partial charge in [0, 0.05) is 12.2 Å². The predicted octanol–water partition coefficient (Wildman–Crippen LogP) is 0.377. The third-order valence-corrected chi connectivity index (χ3v) is 2.12. The Morgan fingerprint density at radius 3 is 2.88 bits per heavy atom. The molecule has 5 nitrogen and oxygen atoms in total. The number of halogens is 1. The number of nitrogens with one attached hydrogen (secondary N) is 1. The van der Waals surface area contributed by atoms with E-state index in [-0.39, 0.29) is 18.7 Å². The molecule has 0 amide bonds. The van der Waals surface area contributed by atoms with Crippen LogP contribution in [0.4, 0.5) is 10.1 Å². The van der Waals surface area contributed by atoms with Crippen LogP contribution in [-0.4, -0.2) is 42.5 Å². The quantitative estimate of drug-likeness (QED) is 0.651. The first-order valence-corrected chi connectivity index (χ1v) is 4.99. The summed E-state index contributed by atoms with van der Waals surface area (Å²) in [5.74, 6) is -1.45. The molecule has 1 unspecified atom stereocenters. The summed E-state index contributed by atoms with van der Waals surface area (Å²) in [5, 5.41) is 20.5. The van der Waals surface area contributed by atoms with Crippen molar-refractivity contribution in [3.05, 3.63) is 29.6 Å². The van der Waals surface area contributed by atoms with Gasteiger partial charge in [-0.25, -0.2) is 9.18 Å². The Kier molecular flexibility index (Phi) is 4.86. The van der Waals surface area contributed by atoms with Gasteiger partial charge in [0.15, 0.2) is 0 Å². The van der Waals surface area contributed by atoms with Gasteiger partial charge in [0.25, 0.3) is 0 Å². The van der Waals surface area contributed by atoms with E-state index in [9.17, 15) is 9.18 Å². The highest BCUT2D eigenvalue weighted by molar-refractivity contribution is 5.90. The van der Waals surface area contributed by atoms with Crippen molar-refractivity contribution in [3.63, 3.8) is 0 Å². The van der Waals surface area contributed by atoms with Gasteiger partial charge in [-0.2, -0.15) is 0 Å². The van der Waals surface area contributed by atoms with E-state index in [4.69, 9.17) is 10.2 Å². The number of carbonyl (C=O) groups is 1. The summed E-state index contributed by atoms with van der Waals surface area (Å²) in [6.45, 7) is -0.277. The van der Waals surface area contributed by atoms with E-state index in [2.05, 4.69) is 10.1 Å². The topological polar surface area (TPSA) is 78.8 Å². The molecule has 3 N–H and O–H groups in total. The van der Waals surface area contributed by atoms with Crippen molar-refractivity contribution in [2.75, 3.05) is 25.6 Å². The van der Waals surface area contributed by atoms with Crippen molar-refractivity contribution in [2.24, 2.45) is 0 Å². The minimum absolute atomic E-state index is 0.0999. The number of carbonyl (C=O) groups excluding carboxylic acids is 1. The van der Waals surface area contributed by atoms with Crippen LogP contribution in [-0.2, 0) is 4.74 Å². The first kappa shape index (κ1) is 13.4. The highest BCUT2D eigenvalue weighted by Crippen LogP contribution is 2.15. The normalized spacial score (nSPS) is 12.0. The van der Waals surface area contributed by atoms with Crippen molar-refractivity contribution >= 4 is 11.7 Å². The molecule has 0 fully saturated rings. The van der Waals surface area contributed by atoms with Gasteiger partial charge in [0.1, 0.15) is 5.82 Å². The highest BCUT2D eigenvalue weighted by Gasteiger charge is 2.12. The fraction of sp³-hybridized carbons (Fsp3) is 0.364. The van der Waals surface area contributed by atoms with E-state index in [0.29, 0.717) is 5.69 Å². The molecule has 94 valence electrons. The maximum absolute atomic E-state index is 13.3. The lowest BCUT2D eigenvalue weighted by molar-refractivity contribution is 0.0595. The molecule has 0 aliphatic carbocycles. The minimum atomic E-state index is -0.915. The van der Waals surface area contributed by atoms with Crippen molar-refractivity contribution in [1.82, 2.24) is 0 Å². The van der Waals surface area contributed by atoms with Gasteiger partial charge in [-0.05, 0) is 18.2 Å². The van der Waals surface area contributed by atoms with E-state index >= 15 is 0 Å². The van der Waals surface area contributed by atoms with Crippen LogP contribution in [0.1, 0.15) is 10.4 Å². The zero-order valence-electron chi connectivity index (χ0n) is 9.31. The van der Waals surface area contributed by atoms with Crippen LogP contribution in [0.2, 0.25) is 0 Å². The summed E-state index contributed by atoms with van der Waals surface area (Å²) in [6.07, 6.45) is -0.915. The molecule has 1 atom stereocenters. The van der Waals surface area contributed by atoms with Crippen LogP contribution in [0.3, 0.4) is 0 Å². The Hall–Kier alpha value is -1.66. The van der Waals surface area contributed by atoms with Gasteiger partial charge in [0.2, 0.25) is 0 Å². The van der Waals surface area contributed by atoms with Crippen LogP contribution in [0, 0.1) is 5.82 Å². The average Bonchev–Trinajstić information content (AvgIpc) is 2.36. The number of anilines is 1. The SMILES string of the molecule is COC(=O)c1cc(NCC(O)CO)ccc1F. The lowest BCUT2D eigenvalue weighted by Gasteiger charge is -2.11. The lowest BCUT2D eigenvalue weighted by atomic mass is 10.2. The Bertz CT molecular complexity index is 397. The fourth-order valence-corrected chi connectivity index (χ4v) is 1.20. The first-order valence-electron chi connectivity index (χ1n) is 4.99. The molecule has 6 heteroatoms. The number of aliphatic hydroxyl groups excluding tert-OH is 2. The van der Waals surface area contributed by atoms with E-state index in [1.54, 1.807) is 0 Å². The maximum Gasteiger partial charge on any atom is 0.340 e. The van der Waals surface area contributed by atoms with Crippen LogP contribution >= 0.6 is 0 Å². The van der Waals surface area contributed by atoms with Crippen LogP contribution < -0.4 is 5.32 Å². The molecule has 1 rings (SSSR count). The fourth-order valence-electron chi connectivity index (χ4n) is 1.20. The molecular weight excluding hydrogens is 229 g/mol. The highest BCUT2D eigenvalue weighted by atomic mass is 19.1. The second kappa shape index (κ2) is 6.17. The summed E-state index contributed by atoms with van der Waals surface area (Å²) in [4.78, 5) is 11.2. The van der Waals surface area contributed by atoms with Gasteiger partial charge >= 0.3 is 5.97 Å². The number of benzene rings is 1. The summed E-state index contributed by atoms with van der Waals surface area (Å²) in [7, 11) is 1.16. The first-order chi connectivity index (χ1) is 8.08. The summed E-state index contributed by atoms with van der Waals surface area (Å²) >= 11 is 0. The van der Waals surface area contributed by atoms with Gasteiger partial charge in [-0.1, -0.05) is 0 Å². The van der Waals surface area contributed by atoms with Gasteiger partial charge in [0.05, 0.1) is 25.4 Å². The molecular formula is C11H14FNO4. The number of esters is 1. The largest absolute Gasteiger partial charge is 0.465 e. The second-order valence-electron chi connectivity index (χ2n) is 3.40. The predicted molar refractivity (Wildman–Crippen MR) is 59.3 cm³/mol. The molecule has 0 heterocycles. The Morgan fingerprint density at radius 1 is 1.59 bits per heavy atom. The number of aliphatic hydroxyl groups is 2. The van der Waals surface area contributed by atoms with Gasteiger partial charge < -0.3 is 20.3 Å². The third kappa shape index (κ3) is 3.69. The van der Waals surface area contributed by atoms with E-state index in [1.807, 2.05) is 0 Å². The van der Waals surface area contributed by atoms with Crippen molar-refractivity contribution in [2.45, 2.75) is 6.10 Å². The molecule has 0 saturated carbocycles. The maximum atomic E-state index is 13.3. The van der Waals surface area contributed by atoms with Crippen molar-refractivity contribution < 1.29 is 24.1 Å². The van der Waals surface area contributed by atoms with Gasteiger partial charge in [-0.15, -0.1) is 0 Å². The lowest BCUT2D eigenvalue weighted by Crippen LogP contribution is -2.23. The monoisotopic (exact) mass is 243 g/mol. The van der Waals surface area contributed by atoms with Crippen molar-refractivity contribution in [1.29, 1.82) is 0 Å². The van der Waals surface area contributed by atoms with Crippen LogP contribution in [0.25, 0.3) is 0 Å². The molecule has 0 aromatic heterocycles. The standard InChI is InChI=1S/C11H14FNO4/c1-17-11(16)9-4-7(2-3-10(9)12)13-5-8(15)6-14/h2-4,8,13-15H,5-6H2,1H3. The third-order valence-electron chi connectivity index (χ3n) is 2.12. The number of rotatable bonds is 5. The van der Waals surface area contributed by atoms with Crippen LogP contribution in [0.15, 0.2) is 18.2 Å². The number of hydrogen-bond acceptors (Lipinski definition) is 5.